The molecule has 0 aliphatic rings. The van der Waals surface area contributed by atoms with Crippen LogP contribution >= 0.6 is 0 Å². The second-order valence-corrected chi connectivity index (χ2v) is 5.55. The Balaban J connectivity index is 0.00000144. The van der Waals surface area contributed by atoms with Crippen LogP contribution in [-0.4, -0.2) is 8.42 Å². The molecule has 0 heterocycles. The predicted molar refractivity (Wildman–Crippen MR) is 64.9 cm³/mol. The molecule has 0 N–H and O–H groups in total. The molecular formula is C13H13LiO2S. The van der Waals surface area contributed by atoms with Crippen molar-refractivity contribution in [3.63, 3.8) is 0 Å². The van der Waals surface area contributed by atoms with E-state index in [4.69, 9.17) is 0 Å². The van der Waals surface area contributed by atoms with Crippen LogP contribution in [0.3, 0.4) is 0 Å². The summed E-state index contributed by atoms with van der Waals surface area (Å²) in [5.41, 5.74) is 0.811. The zero-order chi connectivity index (χ0) is 11.4. The third-order valence-corrected chi connectivity index (χ3v) is 4.01. The minimum absolute atomic E-state index is 0. The zero-order valence-corrected chi connectivity index (χ0v) is 10.5. The van der Waals surface area contributed by atoms with E-state index in [-0.39, 0.29) is 26.0 Å². The van der Waals surface area contributed by atoms with Gasteiger partial charge in [0.1, 0.15) is 0 Å². The Morgan fingerprint density at radius 1 is 0.824 bits per heavy atom. The van der Waals surface area contributed by atoms with Crippen LogP contribution in [-0.2, 0) is 15.6 Å². The summed E-state index contributed by atoms with van der Waals surface area (Å²) in [4.78, 5) is 0.374. The Hall–Kier alpha value is -1.01. The van der Waals surface area contributed by atoms with E-state index in [2.05, 4.69) is 0 Å². The first-order chi connectivity index (χ1) is 7.68. The molecule has 0 saturated heterocycles. The Morgan fingerprint density at radius 2 is 1.29 bits per heavy atom. The largest absolute Gasteiger partial charge is 1.00 e. The molecule has 4 heteroatoms. The summed E-state index contributed by atoms with van der Waals surface area (Å²) in [6.07, 6.45) is 0. The predicted octanol–water partition coefficient (Wildman–Crippen LogP) is -0.223. The minimum atomic E-state index is -3.21. The van der Waals surface area contributed by atoms with Crippen LogP contribution in [0.1, 0.15) is 6.99 Å². The van der Waals surface area contributed by atoms with E-state index in [0.717, 1.165) is 5.56 Å². The van der Waals surface area contributed by atoms with Crippen molar-refractivity contribution in [1.82, 2.24) is 0 Å². The molecule has 0 aromatic heterocycles. The fraction of sp³-hybridized carbons (Fsp3) is 0.0769. The summed E-state index contributed by atoms with van der Waals surface area (Å²) in [7, 11) is -3.21. The zero-order valence-electron chi connectivity index (χ0n) is 10.7. The van der Waals surface area contributed by atoms with Crippen molar-refractivity contribution in [2.45, 2.75) is 10.6 Å². The Labute approximate surface area is 115 Å². The van der Waals surface area contributed by atoms with Gasteiger partial charge in [0.15, 0.2) is 9.84 Å². The van der Waals surface area contributed by atoms with E-state index < -0.39 is 9.84 Å². The minimum Gasteiger partial charge on any atom is -1.00 e. The van der Waals surface area contributed by atoms with Crippen LogP contribution in [0, 0.1) is 0 Å². The maximum absolute atomic E-state index is 12.0. The first-order valence-electron chi connectivity index (χ1n) is 5.00. The molecule has 2 nitrogen and oxygen atoms in total. The van der Waals surface area contributed by atoms with Gasteiger partial charge >= 0.3 is 18.9 Å². The van der Waals surface area contributed by atoms with E-state index in [0.29, 0.717) is 4.90 Å². The van der Waals surface area contributed by atoms with Crippen LogP contribution in [0.15, 0.2) is 65.6 Å². The van der Waals surface area contributed by atoms with Crippen LogP contribution in [0.5, 0.6) is 0 Å². The number of hydrogen-bond acceptors (Lipinski definition) is 2. The molecule has 17 heavy (non-hydrogen) atoms. The topological polar surface area (TPSA) is 34.1 Å². The fourth-order valence-electron chi connectivity index (χ4n) is 1.50. The maximum atomic E-state index is 12.0. The molecule has 0 atom stereocenters. The number of rotatable bonds is 3. The van der Waals surface area contributed by atoms with Crippen molar-refractivity contribution in [1.29, 1.82) is 0 Å². The van der Waals surface area contributed by atoms with Crippen molar-refractivity contribution in [3.05, 3.63) is 66.2 Å². The van der Waals surface area contributed by atoms with Gasteiger partial charge in [0.05, 0.1) is 10.6 Å². The van der Waals surface area contributed by atoms with Crippen molar-refractivity contribution in [3.8, 4) is 0 Å². The van der Waals surface area contributed by atoms with Crippen LogP contribution in [0.2, 0.25) is 0 Å². The van der Waals surface area contributed by atoms with Gasteiger partial charge in [-0.1, -0.05) is 48.5 Å². The van der Waals surface area contributed by atoms with Crippen molar-refractivity contribution in [2.75, 3.05) is 0 Å². The molecule has 0 fully saturated rings. The molecular weight excluding hydrogens is 227 g/mol. The van der Waals surface area contributed by atoms with Crippen LogP contribution < -0.4 is 18.9 Å². The molecule has 0 radical (unpaired) electrons. The smallest absolute Gasteiger partial charge is 1.00 e. The quantitative estimate of drug-likeness (QED) is 0.695. The van der Waals surface area contributed by atoms with Crippen LogP contribution in [0.4, 0.5) is 0 Å². The average molecular weight is 240 g/mol. The molecule has 0 saturated carbocycles. The van der Waals surface area contributed by atoms with Gasteiger partial charge in [-0.25, -0.2) is 8.42 Å². The second-order valence-electron chi connectivity index (χ2n) is 3.56. The van der Waals surface area contributed by atoms with Gasteiger partial charge in [-0.05, 0) is 17.7 Å². The van der Waals surface area contributed by atoms with E-state index in [1.807, 2.05) is 36.4 Å². The van der Waals surface area contributed by atoms with Gasteiger partial charge in [-0.2, -0.15) is 0 Å². The third kappa shape index (κ3) is 3.74. The first kappa shape index (κ1) is 14.0. The standard InChI is InChI=1S/C13H12O2S.Li.H/c14-16(15,13-9-5-2-6-10-13)11-12-7-3-1-4-8-12;;/h1-10H,11H2;;/q;+1;-1. The Bertz CT molecular complexity index is 556. The van der Waals surface area contributed by atoms with Crippen molar-refractivity contribution < 1.29 is 28.7 Å². The van der Waals surface area contributed by atoms with E-state index in [1.54, 1.807) is 24.3 Å². The monoisotopic (exact) mass is 240 g/mol. The summed E-state index contributed by atoms with van der Waals surface area (Å²) in [5.74, 6) is 0.0534. The Kier molecular flexibility index (Phi) is 5.01. The normalized spacial score (nSPS) is 10.6. The average Bonchev–Trinajstić information content (AvgIpc) is 2.31. The van der Waals surface area contributed by atoms with Gasteiger partial charge < -0.3 is 1.43 Å². The van der Waals surface area contributed by atoms with Crippen LogP contribution in [0.25, 0.3) is 0 Å². The molecule has 0 amide bonds. The maximum Gasteiger partial charge on any atom is 1.00 e. The number of hydrogen-bond donors (Lipinski definition) is 0. The summed E-state index contributed by atoms with van der Waals surface area (Å²) in [6.45, 7) is 0. The van der Waals surface area contributed by atoms with Gasteiger partial charge in [0.25, 0.3) is 0 Å². The number of benzene rings is 2. The second kappa shape index (κ2) is 6.07. The third-order valence-electron chi connectivity index (χ3n) is 2.30. The van der Waals surface area contributed by atoms with E-state index >= 15 is 0 Å². The summed E-state index contributed by atoms with van der Waals surface area (Å²) >= 11 is 0. The molecule has 2 rings (SSSR count). The molecule has 84 valence electrons. The van der Waals surface area contributed by atoms with Crippen molar-refractivity contribution in [2.24, 2.45) is 0 Å². The summed E-state index contributed by atoms with van der Waals surface area (Å²) in [6, 6.07) is 17.7. The van der Waals surface area contributed by atoms with Crippen molar-refractivity contribution >= 4 is 9.84 Å². The molecule has 0 unspecified atom stereocenters. The first-order valence-corrected chi connectivity index (χ1v) is 6.65. The van der Waals surface area contributed by atoms with Gasteiger partial charge in [0.2, 0.25) is 0 Å². The van der Waals surface area contributed by atoms with E-state index in [9.17, 15) is 8.42 Å². The fourth-order valence-corrected chi connectivity index (χ4v) is 2.87. The molecule has 2 aromatic carbocycles. The molecule has 0 spiro atoms. The molecule has 0 bridgehead atoms. The molecule has 0 aliphatic carbocycles. The summed E-state index contributed by atoms with van der Waals surface area (Å²) in [5, 5.41) is 0. The summed E-state index contributed by atoms with van der Waals surface area (Å²) < 4.78 is 24.0. The number of sulfone groups is 1. The Morgan fingerprint density at radius 3 is 1.82 bits per heavy atom. The van der Waals surface area contributed by atoms with Gasteiger partial charge in [0, 0.05) is 0 Å². The SMILES string of the molecule is O=S(=O)(Cc1ccccc1)c1ccccc1.[H-].[Li+]. The van der Waals surface area contributed by atoms with Gasteiger partial charge in [-0.15, -0.1) is 0 Å². The molecule has 0 aliphatic heterocycles. The molecule has 2 aromatic rings. The van der Waals surface area contributed by atoms with Gasteiger partial charge in [-0.3, -0.25) is 0 Å². The van der Waals surface area contributed by atoms with E-state index in [1.165, 1.54) is 0 Å².